The smallest absolute Gasteiger partial charge is 0.227 e. The van der Waals surface area contributed by atoms with E-state index in [0.29, 0.717) is 32.4 Å². The van der Waals surface area contributed by atoms with Gasteiger partial charge in [-0.15, -0.1) is 0 Å². The van der Waals surface area contributed by atoms with Gasteiger partial charge in [0.25, 0.3) is 0 Å². The molecule has 4 heteroatoms. The zero-order chi connectivity index (χ0) is 13.0. The lowest BCUT2D eigenvalue weighted by Crippen LogP contribution is -2.39. The molecule has 0 aromatic heterocycles. The van der Waals surface area contributed by atoms with E-state index in [1.165, 1.54) is 0 Å². The highest BCUT2D eigenvalue weighted by Gasteiger charge is 2.20. The number of methoxy groups -OCH3 is 1. The highest BCUT2D eigenvalue weighted by molar-refractivity contribution is 5.84. The number of carbonyl (C=O) groups is 2. The molecule has 1 amide bonds. The molecule has 1 fully saturated rings. The van der Waals surface area contributed by atoms with Crippen LogP contribution in [0.25, 0.3) is 0 Å². The van der Waals surface area contributed by atoms with Crippen LogP contribution in [0.5, 0.6) is 5.75 Å². The van der Waals surface area contributed by atoms with E-state index in [9.17, 15) is 9.59 Å². The van der Waals surface area contributed by atoms with Gasteiger partial charge in [-0.1, -0.05) is 12.1 Å². The van der Waals surface area contributed by atoms with Crippen molar-refractivity contribution >= 4 is 11.7 Å². The largest absolute Gasteiger partial charge is 0.497 e. The summed E-state index contributed by atoms with van der Waals surface area (Å²) in [4.78, 5) is 24.9. The van der Waals surface area contributed by atoms with Crippen molar-refractivity contribution in [3.8, 4) is 5.75 Å². The van der Waals surface area contributed by atoms with Crippen LogP contribution in [0.3, 0.4) is 0 Å². The third-order valence-electron chi connectivity index (χ3n) is 3.16. The molecule has 96 valence electrons. The van der Waals surface area contributed by atoms with Crippen LogP contribution < -0.4 is 4.74 Å². The second-order valence-corrected chi connectivity index (χ2v) is 4.45. The van der Waals surface area contributed by atoms with Crippen LogP contribution >= 0.6 is 0 Å². The van der Waals surface area contributed by atoms with Crippen LogP contribution in [0.4, 0.5) is 0 Å². The number of Topliss-reactive ketones (excluding diaryl/α,β-unsaturated/α-hetero) is 1. The van der Waals surface area contributed by atoms with Crippen molar-refractivity contribution in [3.05, 3.63) is 29.8 Å². The Kier molecular flexibility index (Phi) is 3.97. The minimum Gasteiger partial charge on any atom is -0.497 e. The molecule has 1 saturated heterocycles. The summed E-state index contributed by atoms with van der Waals surface area (Å²) in [5, 5.41) is 0. The van der Waals surface area contributed by atoms with Crippen molar-refractivity contribution in [2.75, 3.05) is 20.2 Å². The zero-order valence-corrected chi connectivity index (χ0v) is 10.5. The fourth-order valence-electron chi connectivity index (χ4n) is 2.07. The molecular formula is C14H17NO3. The van der Waals surface area contributed by atoms with E-state index in [1.54, 1.807) is 12.0 Å². The maximum atomic E-state index is 12.0. The lowest BCUT2D eigenvalue weighted by atomic mass is 10.1. The van der Waals surface area contributed by atoms with Gasteiger partial charge >= 0.3 is 0 Å². The second-order valence-electron chi connectivity index (χ2n) is 4.45. The van der Waals surface area contributed by atoms with E-state index in [4.69, 9.17) is 4.74 Å². The Hall–Kier alpha value is -1.84. The van der Waals surface area contributed by atoms with Crippen LogP contribution in [-0.2, 0) is 16.0 Å². The first-order valence-electron chi connectivity index (χ1n) is 6.11. The number of hydrogen-bond donors (Lipinski definition) is 0. The quantitative estimate of drug-likeness (QED) is 0.811. The third-order valence-corrected chi connectivity index (χ3v) is 3.16. The average Bonchev–Trinajstić information content (AvgIpc) is 2.39. The second kappa shape index (κ2) is 5.67. The van der Waals surface area contributed by atoms with Crippen molar-refractivity contribution in [1.29, 1.82) is 0 Å². The van der Waals surface area contributed by atoms with Crippen molar-refractivity contribution in [3.63, 3.8) is 0 Å². The molecule has 4 nitrogen and oxygen atoms in total. The van der Waals surface area contributed by atoms with E-state index in [0.717, 1.165) is 11.3 Å². The molecule has 0 aliphatic carbocycles. The van der Waals surface area contributed by atoms with Crippen LogP contribution in [-0.4, -0.2) is 36.8 Å². The highest BCUT2D eigenvalue weighted by atomic mass is 16.5. The molecule has 1 aromatic rings. The van der Waals surface area contributed by atoms with Gasteiger partial charge in [-0.05, 0) is 17.7 Å². The Morgan fingerprint density at radius 1 is 1.33 bits per heavy atom. The predicted octanol–water partition coefficient (Wildman–Crippen LogP) is 1.43. The monoisotopic (exact) mass is 247 g/mol. The van der Waals surface area contributed by atoms with E-state index >= 15 is 0 Å². The SMILES string of the molecule is COc1cccc(CC(=O)N2CCC(=O)CC2)c1. The standard InChI is InChI=1S/C14H17NO3/c1-18-13-4-2-3-11(9-13)10-14(17)15-7-5-12(16)6-8-15/h2-4,9H,5-8,10H2,1H3. The molecule has 0 bridgehead atoms. The van der Waals surface area contributed by atoms with E-state index < -0.39 is 0 Å². The van der Waals surface area contributed by atoms with E-state index in [2.05, 4.69) is 0 Å². The number of carbonyl (C=O) groups excluding carboxylic acids is 2. The number of piperidine rings is 1. The van der Waals surface area contributed by atoms with Crippen LogP contribution in [0.1, 0.15) is 18.4 Å². The summed E-state index contributed by atoms with van der Waals surface area (Å²) in [7, 11) is 1.61. The molecule has 0 N–H and O–H groups in total. The van der Waals surface area contributed by atoms with E-state index in [1.807, 2.05) is 24.3 Å². The van der Waals surface area contributed by atoms with Crippen LogP contribution in [0, 0.1) is 0 Å². The topological polar surface area (TPSA) is 46.6 Å². The first kappa shape index (κ1) is 12.6. The summed E-state index contributed by atoms with van der Waals surface area (Å²) >= 11 is 0. The fraction of sp³-hybridized carbons (Fsp3) is 0.429. The molecule has 0 atom stereocenters. The van der Waals surface area contributed by atoms with Gasteiger partial charge in [-0.25, -0.2) is 0 Å². The predicted molar refractivity (Wildman–Crippen MR) is 67.5 cm³/mol. The molecule has 18 heavy (non-hydrogen) atoms. The van der Waals surface area contributed by atoms with Gasteiger partial charge in [0.15, 0.2) is 0 Å². The zero-order valence-electron chi connectivity index (χ0n) is 10.5. The number of nitrogens with zero attached hydrogens (tertiary/aromatic N) is 1. The van der Waals surface area contributed by atoms with Gasteiger partial charge in [0.1, 0.15) is 11.5 Å². The maximum Gasteiger partial charge on any atom is 0.227 e. The van der Waals surface area contributed by atoms with Gasteiger partial charge in [-0.2, -0.15) is 0 Å². The van der Waals surface area contributed by atoms with Crippen molar-refractivity contribution in [1.82, 2.24) is 4.90 Å². The third kappa shape index (κ3) is 3.09. The number of hydrogen-bond acceptors (Lipinski definition) is 3. The molecule has 1 heterocycles. The van der Waals surface area contributed by atoms with Crippen LogP contribution in [0.15, 0.2) is 24.3 Å². The van der Waals surface area contributed by atoms with Crippen molar-refractivity contribution in [2.45, 2.75) is 19.3 Å². The molecular weight excluding hydrogens is 230 g/mol. The number of ether oxygens (including phenoxy) is 1. The van der Waals surface area contributed by atoms with Crippen molar-refractivity contribution < 1.29 is 14.3 Å². The Balaban J connectivity index is 1.96. The summed E-state index contributed by atoms with van der Waals surface area (Å²) in [6.45, 7) is 1.11. The number of likely N-dealkylation sites (tertiary alicyclic amines) is 1. The Morgan fingerprint density at radius 3 is 2.72 bits per heavy atom. The number of rotatable bonds is 3. The van der Waals surface area contributed by atoms with Gasteiger partial charge in [-0.3, -0.25) is 9.59 Å². The summed E-state index contributed by atoms with van der Waals surface area (Å²) in [5.74, 6) is 1.09. The minimum atomic E-state index is 0.0794. The molecule has 0 spiro atoms. The lowest BCUT2D eigenvalue weighted by molar-refractivity contribution is -0.133. The average molecular weight is 247 g/mol. The summed E-state index contributed by atoms with van der Waals surface area (Å²) in [6, 6.07) is 7.51. The number of amides is 1. The van der Waals surface area contributed by atoms with Gasteiger partial charge in [0, 0.05) is 25.9 Å². The Labute approximate surface area is 107 Å². The lowest BCUT2D eigenvalue weighted by Gasteiger charge is -2.26. The normalized spacial score (nSPS) is 15.6. The van der Waals surface area contributed by atoms with Crippen LogP contribution in [0.2, 0.25) is 0 Å². The molecule has 1 aliphatic rings. The molecule has 2 rings (SSSR count). The summed E-state index contributed by atoms with van der Waals surface area (Å²) in [6.07, 6.45) is 1.35. The maximum absolute atomic E-state index is 12.0. The Bertz CT molecular complexity index is 446. The Morgan fingerprint density at radius 2 is 2.06 bits per heavy atom. The van der Waals surface area contributed by atoms with E-state index in [-0.39, 0.29) is 11.7 Å². The first-order valence-corrected chi connectivity index (χ1v) is 6.11. The van der Waals surface area contributed by atoms with Gasteiger partial charge in [0.05, 0.1) is 13.5 Å². The van der Waals surface area contributed by atoms with Crippen molar-refractivity contribution in [2.24, 2.45) is 0 Å². The van der Waals surface area contributed by atoms with Gasteiger partial charge in [0.2, 0.25) is 5.91 Å². The highest BCUT2D eigenvalue weighted by Crippen LogP contribution is 2.15. The molecule has 0 radical (unpaired) electrons. The number of benzene rings is 1. The summed E-state index contributed by atoms with van der Waals surface area (Å²) < 4.78 is 5.13. The molecule has 1 aromatic carbocycles. The van der Waals surface area contributed by atoms with Gasteiger partial charge < -0.3 is 9.64 Å². The molecule has 1 aliphatic heterocycles. The summed E-state index contributed by atoms with van der Waals surface area (Å²) in [5.41, 5.74) is 0.941. The molecule has 0 saturated carbocycles. The molecule has 0 unspecified atom stereocenters. The first-order chi connectivity index (χ1) is 8.69. The number of ketones is 1. The fourth-order valence-corrected chi connectivity index (χ4v) is 2.07. The minimum absolute atomic E-state index is 0.0794.